The van der Waals surface area contributed by atoms with Crippen LogP contribution >= 0.6 is 11.3 Å². The van der Waals surface area contributed by atoms with Gasteiger partial charge in [-0.1, -0.05) is 72.8 Å². The van der Waals surface area contributed by atoms with Crippen molar-refractivity contribution in [1.82, 2.24) is 9.13 Å². The molecule has 0 aliphatic carbocycles. The summed E-state index contributed by atoms with van der Waals surface area (Å²) in [6.45, 7) is 7.85. The van der Waals surface area contributed by atoms with E-state index in [1.165, 1.54) is 42.0 Å². The van der Waals surface area contributed by atoms with Gasteiger partial charge in [-0.2, -0.15) is 0 Å². The average molecular weight is 540 g/mol. The van der Waals surface area contributed by atoms with Crippen LogP contribution in [0.5, 0.6) is 0 Å². The van der Waals surface area contributed by atoms with Gasteiger partial charge in [0.05, 0.1) is 28.8 Å². The van der Waals surface area contributed by atoms with Gasteiger partial charge < -0.3 is 9.13 Å². The molecule has 41 heavy (non-hydrogen) atoms. The number of fused-ring (bicyclic) bond motifs is 9. The lowest BCUT2D eigenvalue weighted by atomic mass is 10.1. The molecule has 190 valence electrons. The third-order valence-corrected chi connectivity index (χ3v) is 9.47. The molecule has 3 nitrogen and oxygen atoms in total. The Morgan fingerprint density at radius 3 is 1.85 bits per heavy atom. The molecule has 0 radical (unpaired) electrons. The van der Waals surface area contributed by atoms with Gasteiger partial charge in [-0.25, -0.2) is 4.85 Å². The summed E-state index contributed by atoms with van der Waals surface area (Å²) in [6, 6.07) is 45.3. The van der Waals surface area contributed by atoms with E-state index in [2.05, 4.69) is 129 Å². The van der Waals surface area contributed by atoms with Crippen LogP contribution < -0.4 is 0 Å². The SMILES string of the molecule is [C-]#[N+]c1cccc2c1c1ccccc1n2-c1cccc2sc3ccc(-n4c5ccccc5c5ccccc54)cc3c12. The monoisotopic (exact) mass is 539 g/mol. The van der Waals surface area contributed by atoms with E-state index in [-0.39, 0.29) is 0 Å². The smallest absolute Gasteiger partial charge is 0.197 e. The molecule has 0 spiro atoms. The van der Waals surface area contributed by atoms with E-state index in [4.69, 9.17) is 6.57 Å². The number of rotatable bonds is 2. The van der Waals surface area contributed by atoms with Crippen LogP contribution in [0.15, 0.2) is 127 Å². The van der Waals surface area contributed by atoms with Crippen LogP contribution in [0.4, 0.5) is 5.69 Å². The highest BCUT2D eigenvalue weighted by Gasteiger charge is 2.19. The fourth-order valence-electron chi connectivity index (χ4n) is 6.68. The molecule has 4 heteroatoms. The van der Waals surface area contributed by atoms with Crippen LogP contribution in [0.2, 0.25) is 0 Å². The van der Waals surface area contributed by atoms with Crippen LogP contribution in [0.1, 0.15) is 0 Å². The molecular weight excluding hydrogens is 518 g/mol. The number of aromatic nitrogens is 2. The first-order chi connectivity index (χ1) is 20.3. The molecule has 3 heterocycles. The van der Waals surface area contributed by atoms with Crippen molar-refractivity contribution in [2.45, 2.75) is 0 Å². The first kappa shape index (κ1) is 22.4. The Labute approximate surface area is 239 Å². The van der Waals surface area contributed by atoms with Gasteiger partial charge in [0.15, 0.2) is 5.69 Å². The summed E-state index contributed by atoms with van der Waals surface area (Å²) in [7, 11) is 0. The van der Waals surface area contributed by atoms with Gasteiger partial charge in [-0.15, -0.1) is 11.3 Å². The second kappa shape index (κ2) is 8.32. The fourth-order valence-corrected chi connectivity index (χ4v) is 7.78. The van der Waals surface area contributed by atoms with Gasteiger partial charge in [0.1, 0.15) is 0 Å². The standard InChI is InChI=1S/C37H21N3S/c1-38-28-13-8-17-32-36(28)26-12-4-7-16-31(26)40(32)33-18-9-19-35-37(33)27-22-23(20-21-34(27)41-35)39-29-14-5-2-10-24(29)25-11-3-6-15-30(25)39/h2-22H. The van der Waals surface area contributed by atoms with Gasteiger partial charge in [0.25, 0.3) is 0 Å². The van der Waals surface area contributed by atoms with Crippen LogP contribution in [0.25, 0.3) is 80.0 Å². The molecule has 0 amide bonds. The Morgan fingerprint density at radius 1 is 0.488 bits per heavy atom. The van der Waals surface area contributed by atoms with Crippen molar-refractivity contribution in [3.8, 4) is 11.4 Å². The minimum Gasteiger partial charge on any atom is -0.310 e. The van der Waals surface area contributed by atoms with Crippen LogP contribution in [0, 0.1) is 6.57 Å². The maximum atomic E-state index is 7.85. The number of thiophene rings is 1. The largest absolute Gasteiger partial charge is 0.310 e. The lowest BCUT2D eigenvalue weighted by Crippen LogP contribution is -1.95. The number of hydrogen-bond acceptors (Lipinski definition) is 1. The third kappa shape index (κ3) is 3.01. The minimum absolute atomic E-state index is 0.688. The lowest BCUT2D eigenvalue weighted by Gasteiger charge is -2.11. The summed E-state index contributed by atoms with van der Waals surface area (Å²) in [6.07, 6.45) is 0. The first-order valence-corrected chi connectivity index (χ1v) is 14.5. The van der Waals surface area contributed by atoms with E-state index in [1.807, 2.05) is 23.5 Å². The van der Waals surface area contributed by atoms with Gasteiger partial charge >= 0.3 is 0 Å². The normalized spacial score (nSPS) is 11.9. The molecule has 0 fully saturated rings. The predicted octanol–water partition coefficient (Wildman–Crippen LogP) is 10.8. The molecule has 0 unspecified atom stereocenters. The zero-order chi connectivity index (χ0) is 27.1. The average Bonchev–Trinajstić information content (AvgIpc) is 3.68. The zero-order valence-corrected chi connectivity index (χ0v) is 22.7. The molecular formula is C37H21N3S. The molecule has 6 aromatic carbocycles. The minimum atomic E-state index is 0.688. The highest BCUT2D eigenvalue weighted by molar-refractivity contribution is 7.25. The zero-order valence-electron chi connectivity index (χ0n) is 21.9. The van der Waals surface area contributed by atoms with Crippen molar-refractivity contribution in [3.05, 3.63) is 139 Å². The fraction of sp³-hybridized carbons (Fsp3) is 0. The lowest BCUT2D eigenvalue weighted by molar-refractivity contribution is 1.19. The summed E-state index contributed by atoms with van der Waals surface area (Å²) >= 11 is 1.83. The van der Waals surface area contributed by atoms with Crippen LogP contribution in [-0.2, 0) is 0 Å². The van der Waals surface area contributed by atoms with Crippen molar-refractivity contribution in [1.29, 1.82) is 0 Å². The summed E-state index contributed by atoms with van der Waals surface area (Å²) in [5, 5.41) is 7.13. The summed E-state index contributed by atoms with van der Waals surface area (Å²) in [5.41, 5.74) is 7.58. The molecule has 3 aromatic heterocycles. The molecule has 0 saturated heterocycles. The van der Waals surface area contributed by atoms with Crippen LogP contribution in [0.3, 0.4) is 0 Å². The quantitative estimate of drug-likeness (QED) is 0.194. The van der Waals surface area contributed by atoms with E-state index in [1.54, 1.807) is 0 Å². The van der Waals surface area contributed by atoms with Gasteiger partial charge in [-0.3, -0.25) is 0 Å². The van der Waals surface area contributed by atoms with Crippen molar-refractivity contribution >= 4 is 80.8 Å². The second-order valence-electron chi connectivity index (χ2n) is 10.4. The predicted molar refractivity (Wildman–Crippen MR) is 174 cm³/mol. The molecule has 0 N–H and O–H groups in total. The molecule has 0 saturated carbocycles. The highest BCUT2D eigenvalue weighted by Crippen LogP contribution is 2.43. The van der Waals surface area contributed by atoms with Crippen molar-refractivity contribution in [2.24, 2.45) is 0 Å². The van der Waals surface area contributed by atoms with Crippen molar-refractivity contribution in [2.75, 3.05) is 0 Å². The Balaban J connectivity index is 1.40. The van der Waals surface area contributed by atoms with Crippen molar-refractivity contribution < 1.29 is 0 Å². The third-order valence-electron chi connectivity index (χ3n) is 8.33. The number of hydrogen-bond donors (Lipinski definition) is 0. The van der Waals surface area contributed by atoms with Crippen molar-refractivity contribution in [3.63, 3.8) is 0 Å². The highest BCUT2D eigenvalue weighted by atomic mass is 32.1. The molecule has 9 rings (SSSR count). The summed E-state index contributed by atoms with van der Waals surface area (Å²) in [4.78, 5) is 3.88. The summed E-state index contributed by atoms with van der Waals surface area (Å²) < 4.78 is 7.25. The molecule has 0 bridgehead atoms. The Bertz CT molecular complexity index is 2500. The van der Waals surface area contributed by atoms with Crippen LogP contribution in [-0.4, -0.2) is 9.13 Å². The topological polar surface area (TPSA) is 14.2 Å². The van der Waals surface area contributed by atoms with E-state index in [0.717, 1.165) is 33.2 Å². The van der Waals surface area contributed by atoms with E-state index < -0.39 is 0 Å². The Kier molecular flexibility index (Phi) is 4.55. The Hall–Kier alpha value is -5.37. The first-order valence-electron chi connectivity index (χ1n) is 13.7. The second-order valence-corrected chi connectivity index (χ2v) is 11.5. The van der Waals surface area contributed by atoms with Gasteiger partial charge in [0.2, 0.25) is 0 Å². The Morgan fingerprint density at radius 2 is 1.12 bits per heavy atom. The number of nitrogens with zero attached hydrogens (tertiary/aromatic N) is 3. The maximum absolute atomic E-state index is 7.85. The molecule has 0 atom stereocenters. The summed E-state index contributed by atoms with van der Waals surface area (Å²) in [5.74, 6) is 0. The van der Waals surface area contributed by atoms with E-state index in [9.17, 15) is 0 Å². The van der Waals surface area contributed by atoms with E-state index >= 15 is 0 Å². The number of benzene rings is 6. The molecule has 0 aliphatic rings. The molecule has 0 aliphatic heterocycles. The van der Waals surface area contributed by atoms with Gasteiger partial charge in [0, 0.05) is 47.5 Å². The van der Waals surface area contributed by atoms with Gasteiger partial charge in [-0.05, 0) is 60.0 Å². The van der Waals surface area contributed by atoms with E-state index in [0.29, 0.717) is 5.69 Å². The maximum Gasteiger partial charge on any atom is 0.197 e. The molecule has 9 aromatic rings. The number of para-hydroxylation sites is 3.